The second kappa shape index (κ2) is 4.95. The Morgan fingerprint density at radius 3 is 2.20 bits per heavy atom. The Hall–Kier alpha value is -1.23. The van der Waals surface area contributed by atoms with Gasteiger partial charge >= 0.3 is 6.18 Å². The highest BCUT2D eigenvalue weighted by Crippen LogP contribution is 2.32. The minimum absolute atomic E-state index is 0.550. The third kappa shape index (κ3) is 2.64. The van der Waals surface area contributed by atoms with E-state index < -0.39 is 11.7 Å². The van der Waals surface area contributed by atoms with Crippen molar-refractivity contribution in [1.82, 2.24) is 0 Å². The smallest absolute Gasteiger partial charge is 0.360 e. The van der Waals surface area contributed by atoms with Crippen LogP contribution < -0.4 is 4.90 Å². The maximum Gasteiger partial charge on any atom is 0.416 e. The van der Waals surface area contributed by atoms with E-state index in [0.29, 0.717) is 5.69 Å². The summed E-state index contributed by atoms with van der Waals surface area (Å²) in [6.45, 7) is 6.35. The number of halogens is 3. The van der Waals surface area contributed by atoms with Crippen LogP contribution in [0.1, 0.15) is 18.4 Å². The van der Waals surface area contributed by atoms with Crippen molar-refractivity contribution >= 4 is 5.69 Å². The van der Waals surface area contributed by atoms with E-state index in [1.807, 2.05) is 0 Å². The Bertz CT molecular complexity index is 468. The lowest BCUT2D eigenvalue weighted by Crippen LogP contribution is -2.58. The molecule has 2 aliphatic heterocycles. The van der Waals surface area contributed by atoms with Gasteiger partial charge < -0.3 is 9.38 Å². The molecule has 1 spiro atoms. The second-order valence-corrected chi connectivity index (χ2v) is 5.98. The highest BCUT2D eigenvalue weighted by atomic mass is 19.4. The van der Waals surface area contributed by atoms with E-state index in [1.54, 1.807) is 6.07 Å². The van der Waals surface area contributed by atoms with Crippen LogP contribution in [-0.2, 0) is 6.18 Å². The second-order valence-electron chi connectivity index (χ2n) is 5.98. The fraction of sp³-hybridized carbons (Fsp3) is 0.600. The molecule has 0 aromatic heterocycles. The number of piperazine rings is 1. The van der Waals surface area contributed by atoms with Crippen LogP contribution in [0.25, 0.3) is 0 Å². The monoisotopic (exact) mass is 285 g/mol. The van der Waals surface area contributed by atoms with Crippen molar-refractivity contribution in [2.24, 2.45) is 0 Å². The first-order valence-electron chi connectivity index (χ1n) is 7.26. The van der Waals surface area contributed by atoms with Crippen LogP contribution in [0.5, 0.6) is 0 Å². The van der Waals surface area contributed by atoms with Crippen molar-refractivity contribution in [3.05, 3.63) is 29.8 Å². The molecule has 5 heteroatoms. The predicted octanol–water partition coefficient (Wildman–Crippen LogP) is 3.14. The maximum atomic E-state index is 12.8. The van der Waals surface area contributed by atoms with Crippen LogP contribution >= 0.6 is 0 Å². The molecule has 2 fully saturated rings. The molecule has 0 unspecified atom stereocenters. The molecule has 2 nitrogen and oxygen atoms in total. The Kier molecular flexibility index (Phi) is 3.40. The van der Waals surface area contributed by atoms with Gasteiger partial charge in [-0.25, -0.2) is 0 Å². The normalized spacial score (nSPS) is 22.4. The summed E-state index contributed by atoms with van der Waals surface area (Å²) >= 11 is 0. The quantitative estimate of drug-likeness (QED) is 0.717. The van der Waals surface area contributed by atoms with E-state index >= 15 is 0 Å². The van der Waals surface area contributed by atoms with Gasteiger partial charge in [0.1, 0.15) is 0 Å². The molecular weight excluding hydrogens is 265 g/mol. The van der Waals surface area contributed by atoms with E-state index in [0.717, 1.165) is 32.2 Å². The number of nitrogens with zero attached hydrogens (tertiary/aromatic N) is 2. The van der Waals surface area contributed by atoms with E-state index in [-0.39, 0.29) is 0 Å². The standard InChI is InChI=1S/C15H20F3N2/c16-15(17,18)13-4-3-5-14(12-13)19-6-10-20(11-7-19)8-1-2-9-20/h3-5,12H,1-2,6-11H2/q+1. The number of rotatable bonds is 1. The van der Waals surface area contributed by atoms with Gasteiger partial charge in [-0.05, 0) is 18.2 Å². The summed E-state index contributed by atoms with van der Waals surface area (Å²) in [5.41, 5.74) is 0.155. The van der Waals surface area contributed by atoms with E-state index in [9.17, 15) is 13.2 Å². The zero-order valence-corrected chi connectivity index (χ0v) is 11.5. The van der Waals surface area contributed by atoms with Gasteiger partial charge in [-0.2, -0.15) is 13.2 Å². The average molecular weight is 285 g/mol. The molecule has 0 N–H and O–H groups in total. The van der Waals surface area contributed by atoms with Gasteiger partial charge in [0.05, 0.1) is 44.8 Å². The van der Waals surface area contributed by atoms with Crippen molar-refractivity contribution in [1.29, 1.82) is 0 Å². The number of hydrogen-bond donors (Lipinski definition) is 0. The molecule has 110 valence electrons. The van der Waals surface area contributed by atoms with Crippen molar-refractivity contribution < 1.29 is 17.7 Å². The lowest BCUT2D eigenvalue weighted by molar-refractivity contribution is -0.917. The van der Waals surface area contributed by atoms with Gasteiger partial charge in [-0.1, -0.05) is 6.07 Å². The van der Waals surface area contributed by atoms with E-state index in [4.69, 9.17) is 0 Å². The van der Waals surface area contributed by atoms with Crippen molar-refractivity contribution in [3.8, 4) is 0 Å². The number of hydrogen-bond acceptors (Lipinski definition) is 1. The number of anilines is 1. The van der Waals surface area contributed by atoms with Crippen LogP contribution in [0, 0.1) is 0 Å². The first-order chi connectivity index (χ1) is 9.49. The van der Waals surface area contributed by atoms with Gasteiger partial charge in [0, 0.05) is 18.5 Å². The Balaban J connectivity index is 1.72. The first kappa shape index (κ1) is 13.7. The zero-order chi connectivity index (χ0) is 14.2. The number of benzene rings is 1. The Morgan fingerprint density at radius 2 is 1.60 bits per heavy atom. The zero-order valence-electron chi connectivity index (χ0n) is 11.5. The van der Waals surface area contributed by atoms with Gasteiger partial charge in [-0.3, -0.25) is 0 Å². The summed E-state index contributed by atoms with van der Waals surface area (Å²) < 4.78 is 39.4. The molecule has 2 saturated heterocycles. The van der Waals surface area contributed by atoms with Crippen LogP contribution in [0.4, 0.5) is 18.9 Å². The molecule has 0 bridgehead atoms. The predicted molar refractivity (Wildman–Crippen MR) is 72.6 cm³/mol. The highest BCUT2D eigenvalue weighted by Gasteiger charge is 2.36. The fourth-order valence-corrected chi connectivity index (χ4v) is 3.48. The lowest BCUT2D eigenvalue weighted by Gasteiger charge is -2.42. The Labute approximate surface area is 117 Å². The molecule has 1 aromatic carbocycles. The maximum absolute atomic E-state index is 12.8. The summed E-state index contributed by atoms with van der Waals surface area (Å²) in [4.78, 5) is 2.09. The molecule has 2 heterocycles. The molecule has 2 aliphatic rings. The highest BCUT2D eigenvalue weighted by molar-refractivity contribution is 5.49. The van der Waals surface area contributed by atoms with Crippen LogP contribution in [0.15, 0.2) is 24.3 Å². The van der Waals surface area contributed by atoms with Crippen molar-refractivity contribution in [2.45, 2.75) is 19.0 Å². The van der Waals surface area contributed by atoms with Crippen LogP contribution in [0.2, 0.25) is 0 Å². The number of quaternary nitrogens is 1. The number of alkyl halides is 3. The van der Waals surface area contributed by atoms with Gasteiger partial charge in [0.15, 0.2) is 0 Å². The summed E-state index contributed by atoms with van der Waals surface area (Å²) in [6, 6.07) is 5.71. The van der Waals surface area contributed by atoms with Crippen molar-refractivity contribution in [3.63, 3.8) is 0 Å². The molecule has 20 heavy (non-hydrogen) atoms. The van der Waals surface area contributed by atoms with Crippen LogP contribution in [0.3, 0.4) is 0 Å². The van der Waals surface area contributed by atoms with Gasteiger partial charge in [0.2, 0.25) is 0 Å². The van der Waals surface area contributed by atoms with Crippen LogP contribution in [-0.4, -0.2) is 43.8 Å². The van der Waals surface area contributed by atoms with E-state index in [2.05, 4.69) is 4.90 Å². The van der Waals surface area contributed by atoms with E-state index in [1.165, 1.54) is 42.5 Å². The SMILES string of the molecule is FC(F)(F)c1cccc(N2CC[N+]3(CCCC3)CC2)c1. The Morgan fingerprint density at radius 1 is 0.950 bits per heavy atom. The molecule has 0 atom stereocenters. The first-order valence-corrected chi connectivity index (χ1v) is 7.26. The lowest BCUT2D eigenvalue weighted by atomic mass is 10.1. The largest absolute Gasteiger partial charge is 0.416 e. The van der Waals surface area contributed by atoms with Crippen molar-refractivity contribution in [2.75, 3.05) is 44.2 Å². The van der Waals surface area contributed by atoms with Gasteiger partial charge in [0.25, 0.3) is 0 Å². The molecule has 0 amide bonds. The summed E-state index contributed by atoms with van der Waals surface area (Å²) in [5.74, 6) is 0. The summed E-state index contributed by atoms with van der Waals surface area (Å²) in [5, 5.41) is 0. The summed E-state index contributed by atoms with van der Waals surface area (Å²) in [7, 11) is 0. The average Bonchev–Trinajstić information content (AvgIpc) is 2.87. The molecule has 0 radical (unpaired) electrons. The molecular formula is C15H20F3N2+. The topological polar surface area (TPSA) is 3.24 Å². The molecule has 0 aliphatic carbocycles. The molecule has 3 rings (SSSR count). The third-order valence-corrected chi connectivity index (χ3v) is 4.74. The minimum atomic E-state index is -4.26. The summed E-state index contributed by atoms with van der Waals surface area (Å²) in [6.07, 6.45) is -1.67. The third-order valence-electron chi connectivity index (χ3n) is 4.74. The molecule has 0 saturated carbocycles. The fourth-order valence-electron chi connectivity index (χ4n) is 3.48. The minimum Gasteiger partial charge on any atom is -0.360 e. The molecule has 1 aromatic rings. The van der Waals surface area contributed by atoms with Gasteiger partial charge in [-0.15, -0.1) is 0 Å².